The molecule has 0 radical (unpaired) electrons. The van der Waals surface area contributed by atoms with Gasteiger partial charge in [-0.3, -0.25) is 4.79 Å². The molecule has 5 heteroatoms. The van der Waals surface area contributed by atoms with E-state index in [2.05, 4.69) is 17.2 Å². The fraction of sp³-hybridized carbons (Fsp3) is 0.500. The third-order valence-electron chi connectivity index (χ3n) is 3.26. The fourth-order valence-electron chi connectivity index (χ4n) is 2.00. The molecule has 120 valence electrons. The molecule has 0 saturated carbocycles. The summed E-state index contributed by atoms with van der Waals surface area (Å²) < 4.78 is 0. The molecular weight excluding hydrogens is 313 g/mol. The van der Waals surface area contributed by atoms with Crippen LogP contribution >= 0.6 is 0 Å². The summed E-state index contributed by atoms with van der Waals surface area (Å²) >= 11 is 0. The molecular formula is C18H26KN3O. The molecule has 0 aromatic heterocycles. The van der Waals surface area contributed by atoms with Gasteiger partial charge in [0.2, 0.25) is 5.91 Å². The van der Waals surface area contributed by atoms with E-state index in [4.69, 9.17) is 11.5 Å². The first-order valence-electron chi connectivity index (χ1n) is 7.97. The van der Waals surface area contributed by atoms with Crippen LogP contribution in [0.4, 0.5) is 5.69 Å². The molecule has 0 fully saturated rings. The molecule has 1 aromatic rings. The molecule has 1 rings (SSSR count). The Morgan fingerprint density at radius 2 is 1.70 bits per heavy atom. The summed E-state index contributed by atoms with van der Waals surface area (Å²) in [6.07, 6.45) is 7.21. The van der Waals surface area contributed by atoms with Gasteiger partial charge < -0.3 is 16.8 Å². The van der Waals surface area contributed by atoms with Gasteiger partial charge in [-0.15, -0.1) is 12.2 Å². The Morgan fingerprint density at radius 3 is 2.35 bits per heavy atom. The predicted molar refractivity (Wildman–Crippen MR) is 91.8 cm³/mol. The van der Waals surface area contributed by atoms with Crippen molar-refractivity contribution in [2.45, 2.75) is 44.9 Å². The number of hydrogen-bond acceptors (Lipinski definition) is 2. The van der Waals surface area contributed by atoms with Gasteiger partial charge >= 0.3 is 51.4 Å². The third-order valence-corrected chi connectivity index (χ3v) is 3.26. The van der Waals surface area contributed by atoms with Crippen molar-refractivity contribution in [1.82, 2.24) is 0 Å². The maximum Gasteiger partial charge on any atom is 1.00 e. The first-order valence-corrected chi connectivity index (χ1v) is 7.97. The summed E-state index contributed by atoms with van der Waals surface area (Å²) in [6, 6.07) is 7.74. The van der Waals surface area contributed by atoms with Gasteiger partial charge in [0.25, 0.3) is 0 Å². The van der Waals surface area contributed by atoms with Crippen molar-refractivity contribution in [3.63, 3.8) is 0 Å². The minimum Gasteiger partial charge on any atom is -0.684 e. The molecule has 0 bridgehead atoms. The van der Waals surface area contributed by atoms with Crippen LogP contribution in [0, 0.1) is 11.8 Å². The zero-order chi connectivity index (χ0) is 16.0. The average molecular weight is 340 g/mol. The summed E-state index contributed by atoms with van der Waals surface area (Å²) in [5, 5.41) is 4.27. The first-order chi connectivity index (χ1) is 10.7. The van der Waals surface area contributed by atoms with Gasteiger partial charge in [-0.1, -0.05) is 43.2 Å². The summed E-state index contributed by atoms with van der Waals surface area (Å²) in [7, 11) is 0. The fourth-order valence-corrected chi connectivity index (χ4v) is 2.00. The summed E-state index contributed by atoms with van der Waals surface area (Å²) in [5.74, 6) is 6.04. The molecule has 0 heterocycles. The second-order valence-corrected chi connectivity index (χ2v) is 5.25. The Hall–Kier alpha value is -0.354. The van der Waals surface area contributed by atoms with Gasteiger partial charge in [0, 0.05) is 18.4 Å². The normalized spacial score (nSPS) is 9.43. The van der Waals surface area contributed by atoms with Crippen molar-refractivity contribution >= 4 is 11.6 Å². The van der Waals surface area contributed by atoms with Crippen LogP contribution in [0.5, 0.6) is 0 Å². The number of hydrogen-bond donors (Lipinski definition) is 2. The number of unbranched alkanes of at least 4 members (excludes halogenated alkanes) is 5. The maximum atomic E-state index is 10.6. The Labute approximate surface area is 182 Å². The number of benzene rings is 1. The van der Waals surface area contributed by atoms with Crippen molar-refractivity contribution in [2.24, 2.45) is 11.5 Å². The largest absolute Gasteiger partial charge is 1.00 e. The molecule has 0 spiro atoms. The van der Waals surface area contributed by atoms with E-state index >= 15 is 0 Å². The second kappa shape index (κ2) is 15.2. The van der Waals surface area contributed by atoms with Crippen molar-refractivity contribution in [3.8, 4) is 11.8 Å². The van der Waals surface area contributed by atoms with Crippen LogP contribution in [0.1, 0.15) is 50.5 Å². The number of carbonyl (C=O) groups excluding carboxylic acids is 1. The number of nitrogens with two attached hydrogens (primary N) is 2. The summed E-state index contributed by atoms with van der Waals surface area (Å²) in [4.78, 5) is 10.6. The zero-order valence-electron chi connectivity index (χ0n) is 14.2. The number of primary amides is 1. The van der Waals surface area contributed by atoms with Gasteiger partial charge in [-0.05, 0) is 31.5 Å². The van der Waals surface area contributed by atoms with Gasteiger partial charge in [0.15, 0.2) is 0 Å². The van der Waals surface area contributed by atoms with Gasteiger partial charge in [0.1, 0.15) is 0 Å². The van der Waals surface area contributed by atoms with Gasteiger partial charge in [-0.2, -0.15) is 0 Å². The SMILES string of the molecule is NCCCCCCCC#Cc1ccc([N-]CCC(N)=O)cc1.[K+]. The Bertz CT molecular complexity index is 491. The van der Waals surface area contributed by atoms with E-state index in [1.54, 1.807) is 0 Å². The second-order valence-electron chi connectivity index (χ2n) is 5.25. The van der Waals surface area contributed by atoms with Crippen LogP contribution in [-0.2, 0) is 4.79 Å². The molecule has 23 heavy (non-hydrogen) atoms. The Kier molecular flexibility index (Phi) is 15.0. The number of carbonyl (C=O) groups is 1. The minimum atomic E-state index is -0.325. The average Bonchev–Trinajstić information content (AvgIpc) is 2.51. The summed E-state index contributed by atoms with van der Waals surface area (Å²) in [6.45, 7) is 1.23. The van der Waals surface area contributed by atoms with Crippen molar-refractivity contribution in [3.05, 3.63) is 35.1 Å². The Morgan fingerprint density at radius 1 is 1.04 bits per heavy atom. The zero-order valence-corrected chi connectivity index (χ0v) is 17.3. The van der Waals surface area contributed by atoms with Crippen LogP contribution in [0.2, 0.25) is 0 Å². The molecule has 1 amide bonds. The number of rotatable bonds is 10. The molecule has 0 atom stereocenters. The molecule has 0 saturated heterocycles. The first kappa shape index (κ1) is 22.6. The molecule has 4 N–H and O–H groups in total. The van der Waals surface area contributed by atoms with Crippen molar-refractivity contribution < 1.29 is 56.2 Å². The van der Waals surface area contributed by atoms with Gasteiger partial charge in [0.05, 0.1) is 0 Å². The van der Waals surface area contributed by atoms with E-state index in [-0.39, 0.29) is 63.7 Å². The third kappa shape index (κ3) is 12.7. The minimum absolute atomic E-state index is 0. The molecule has 0 aliphatic rings. The van der Waals surface area contributed by atoms with E-state index < -0.39 is 0 Å². The van der Waals surface area contributed by atoms with Crippen LogP contribution in [-0.4, -0.2) is 19.0 Å². The van der Waals surface area contributed by atoms with Crippen molar-refractivity contribution in [2.75, 3.05) is 13.1 Å². The molecule has 0 unspecified atom stereocenters. The predicted octanol–water partition coefficient (Wildman–Crippen LogP) is 0.222. The van der Waals surface area contributed by atoms with E-state index in [0.717, 1.165) is 37.1 Å². The quantitative estimate of drug-likeness (QED) is 0.363. The molecule has 0 aliphatic heterocycles. The topological polar surface area (TPSA) is 83.2 Å². The van der Waals surface area contributed by atoms with Crippen LogP contribution in [0.3, 0.4) is 0 Å². The molecule has 1 aromatic carbocycles. The monoisotopic (exact) mass is 339 g/mol. The number of nitrogens with zero attached hydrogens (tertiary/aromatic N) is 1. The van der Waals surface area contributed by atoms with E-state index in [9.17, 15) is 4.79 Å². The van der Waals surface area contributed by atoms with E-state index in [1.807, 2.05) is 24.3 Å². The Balaban J connectivity index is 0.00000484. The molecule has 0 aliphatic carbocycles. The van der Waals surface area contributed by atoms with E-state index in [0.29, 0.717) is 6.54 Å². The van der Waals surface area contributed by atoms with Crippen molar-refractivity contribution in [1.29, 1.82) is 0 Å². The van der Waals surface area contributed by atoms with Crippen LogP contribution < -0.4 is 62.9 Å². The maximum absolute atomic E-state index is 10.6. The molecule has 4 nitrogen and oxygen atoms in total. The summed E-state index contributed by atoms with van der Waals surface area (Å²) in [5.41, 5.74) is 12.4. The van der Waals surface area contributed by atoms with Gasteiger partial charge in [-0.25, -0.2) is 0 Å². The van der Waals surface area contributed by atoms with Crippen LogP contribution in [0.15, 0.2) is 24.3 Å². The van der Waals surface area contributed by atoms with Crippen LogP contribution in [0.25, 0.3) is 5.32 Å². The number of amides is 1. The van der Waals surface area contributed by atoms with E-state index in [1.165, 1.54) is 19.3 Å². The standard InChI is InChI=1S/C18H26N3O.K/c19-14-7-5-3-1-2-4-6-8-16-9-11-17(12-10-16)21-15-13-18(20)22;/h9-12H,1-5,7,13-15,19H2,(H2,20,22);/q-1;+1. The smallest absolute Gasteiger partial charge is 0.684 e.